The van der Waals surface area contributed by atoms with E-state index in [2.05, 4.69) is 55.4 Å². The topological polar surface area (TPSA) is 46.1 Å². The molecule has 1 aliphatic carbocycles. The van der Waals surface area contributed by atoms with E-state index >= 15 is 0 Å². The molecule has 2 aliphatic heterocycles. The van der Waals surface area contributed by atoms with Crippen LogP contribution in [0.2, 0.25) is 0 Å². The van der Waals surface area contributed by atoms with Gasteiger partial charge in [-0.05, 0) is 43.4 Å². The lowest BCUT2D eigenvalue weighted by atomic mass is 9.96. The van der Waals surface area contributed by atoms with Crippen molar-refractivity contribution >= 4 is 45.9 Å². The average molecular weight is 550 g/mol. The molecular formula is C20H29BrIN3O2. The maximum absolute atomic E-state index is 5.97. The van der Waals surface area contributed by atoms with Crippen molar-refractivity contribution < 1.29 is 9.47 Å². The monoisotopic (exact) mass is 549 g/mol. The van der Waals surface area contributed by atoms with Crippen LogP contribution >= 0.6 is 39.9 Å². The minimum Gasteiger partial charge on any atom is -0.375 e. The van der Waals surface area contributed by atoms with E-state index in [1.807, 2.05) is 7.05 Å². The predicted octanol–water partition coefficient (Wildman–Crippen LogP) is 3.55. The summed E-state index contributed by atoms with van der Waals surface area (Å²) in [5.41, 5.74) is 1.66. The molecule has 0 spiro atoms. The average Bonchev–Trinajstić information content (AvgIpc) is 3.25. The van der Waals surface area contributed by atoms with Gasteiger partial charge in [-0.1, -0.05) is 28.1 Å². The Morgan fingerprint density at radius 1 is 1.30 bits per heavy atom. The van der Waals surface area contributed by atoms with Crippen molar-refractivity contribution in [3.63, 3.8) is 0 Å². The Bertz CT molecular complexity index is 662. The van der Waals surface area contributed by atoms with Crippen molar-refractivity contribution in [1.82, 2.24) is 10.2 Å². The van der Waals surface area contributed by atoms with Gasteiger partial charge in [-0.2, -0.15) is 0 Å². The summed E-state index contributed by atoms with van der Waals surface area (Å²) in [6.45, 7) is 4.27. The number of nitrogens with one attached hydrogen (secondary N) is 1. The molecule has 0 amide bonds. The van der Waals surface area contributed by atoms with E-state index < -0.39 is 0 Å². The third-order valence-electron chi connectivity index (χ3n) is 5.86. The molecule has 1 saturated carbocycles. The smallest absolute Gasteiger partial charge is 0.193 e. The van der Waals surface area contributed by atoms with Gasteiger partial charge in [-0.3, -0.25) is 4.99 Å². The Morgan fingerprint density at radius 3 is 2.78 bits per heavy atom. The molecule has 150 valence electrons. The van der Waals surface area contributed by atoms with Crippen molar-refractivity contribution in [2.75, 3.05) is 39.9 Å². The first kappa shape index (κ1) is 21.3. The predicted molar refractivity (Wildman–Crippen MR) is 122 cm³/mol. The number of guanidine groups is 1. The quantitative estimate of drug-likeness (QED) is 0.354. The minimum atomic E-state index is 0. The van der Waals surface area contributed by atoms with Crippen LogP contribution in [0.4, 0.5) is 0 Å². The van der Waals surface area contributed by atoms with Gasteiger partial charge in [0.1, 0.15) is 6.10 Å². The fraction of sp³-hybridized carbons (Fsp3) is 0.650. The molecule has 2 atom stereocenters. The summed E-state index contributed by atoms with van der Waals surface area (Å²) in [6, 6.07) is 8.71. The fourth-order valence-corrected chi connectivity index (χ4v) is 4.51. The summed E-state index contributed by atoms with van der Waals surface area (Å²) in [7, 11) is 1.87. The van der Waals surface area contributed by atoms with Crippen LogP contribution < -0.4 is 5.32 Å². The van der Waals surface area contributed by atoms with Gasteiger partial charge in [0.05, 0.1) is 12.7 Å². The highest BCUT2D eigenvalue weighted by Crippen LogP contribution is 2.48. The number of hydrogen-bond donors (Lipinski definition) is 1. The van der Waals surface area contributed by atoms with Crippen LogP contribution in [0.25, 0.3) is 0 Å². The number of rotatable bonds is 4. The lowest BCUT2D eigenvalue weighted by Crippen LogP contribution is -2.54. The highest BCUT2D eigenvalue weighted by atomic mass is 127. The SMILES string of the molecule is CN=C(NCC1(c2cccc(Br)c2)CC1)N1CCOC(C2CCCO2)C1.I. The van der Waals surface area contributed by atoms with Crippen molar-refractivity contribution in [3.05, 3.63) is 34.3 Å². The maximum atomic E-state index is 5.97. The minimum absolute atomic E-state index is 0. The molecular weight excluding hydrogens is 521 g/mol. The fourth-order valence-electron chi connectivity index (χ4n) is 4.11. The van der Waals surface area contributed by atoms with Gasteiger partial charge < -0.3 is 19.7 Å². The van der Waals surface area contributed by atoms with Crippen molar-refractivity contribution in [2.45, 2.75) is 43.3 Å². The summed E-state index contributed by atoms with van der Waals surface area (Å²) in [5.74, 6) is 0.984. The maximum Gasteiger partial charge on any atom is 0.193 e. The second-order valence-corrected chi connectivity index (χ2v) is 8.51. The van der Waals surface area contributed by atoms with Gasteiger partial charge in [-0.25, -0.2) is 0 Å². The van der Waals surface area contributed by atoms with Gasteiger partial charge in [0.2, 0.25) is 0 Å². The summed E-state index contributed by atoms with van der Waals surface area (Å²) in [6.07, 6.45) is 5.12. The lowest BCUT2D eigenvalue weighted by Gasteiger charge is -2.37. The van der Waals surface area contributed by atoms with Crippen LogP contribution in [0.15, 0.2) is 33.7 Å². The van der Waals surface area contributed by atoms with Crippen molar-refractivity contribution in [3.8, 4) is 0 Å². The van der Waals surface area contributed by atoms with Crippen LogP contribution in [0.1, 0.15) is 31.2 Å². The van der Waals surface area contributed by atoms with Gasteiger partial charge >= 0.3 is 0 Å². The second kappa shape index (κ2) is 9.41. The highest BCUT2D eigenvalue weighted by molar-refractivity contribution is 14.0. The zero-order valence-electron chi connectivity index (χ0n) is 15.8. The number of benzene rings is 1. The largest absolute Gasteiger partial charge is 0.375 e. The summed E-state index contributed by atoms with van der Waals surface area (Å²) < 4.78 is 13.0. The van der Waals surface area contributed by atoms with Gasteiger partial charge in [0.25, 0.3) is 0 Å². The van der Waals surface area contributed by atoms with Crippen LogP contribution in [-0.4, -0.2) is 63.0 Å². The van der Waals surface area contributed by atoms with Crippen LogP contribution in [0.3, 0.4) is 0 Å². The molecule has 3 aliphatic rings. The van der Waals surface area contributed by atoms with Crippen molar-refractivity contribution in [1.29, 1.82) is 0 Å². The Morgan fingerprint density at radius 2 is 2.11 bits per heavy atom. The zero-order valence-corrected chi connectivity index (χ0v) is 19.7. The molecule has 2 heterocycles. The zero-order chi connectivity index (χ0) is 18.0. The van der Waals surface area contributed by atoms with E-state index in [-0.39, 0.29) is 41.6 Å². The van der Waals surface area contributed by atoms with Gasteiger partial charge in [-0.15, -0.1) is 24.0 Å². The summed E-state index contributed by atoms with van der Waals surface area (Å²) in [5, 5.41) is 3.64. The molecule has 1 N–H and O–H groups in total. The van der Waals surface area contributed by atoms with E-state index in [4.69, 9.17) is 9.47 Å². The number of morpholine rings is 1. The molecule has 1 aromatic rings. The Balaban J connectivity index is 0.00000210. The first-order valence-corrected chi connectivity index (χ1v) is 10.4. The molecule has 0 aromatic heterocycles. The first-order chi connectivity index (χ1) is 12.7. The van der Waals surface area contributed by atoms with Gasteiger partial charge in [0.15, 0.2) is 5.96 Å². The van der Waals surface area contributed by atoms with E-state index in [1.165, 1.54) is 18.4 Å². The number of halogens is 2. The number of ether oxygens (including phenoxy) is 2. The standard InChI is InChI=1S/C20H28BrN3O2.HI/c1-22-19(24-9-11-26-18(13-24)17-6-3-10-25-17)23-14-20(7-8-20)15-4-2-5-16(21)12-15;/h2,4-5,12,17-18H,3,6-11,13-14H2,1H3,(H,22,23);1H. The Kier molecular flexibility index (Phi) is 7.44. The number of nitrogens with zero attached hydrogens (tertiary/aromatic N) is 2. The van der Waals surface area contributed by atoms with E-state index in [9.17, 15) is 0 Å². The first-order valence-electron chi connectivity index (χ1n) is 9.65. The van der Waals surface area contributed by atoms with Gasteiger partial charge in [0, 0.05) is 43.2 Å². The van der Waals surface area contributed by atoms with E-state index in [1.54, 1.807) is 0 Å². The van der Waals surface area contributed by atoms with Crippen molar-refractivity contribution in [2.24, 2.45) is 4.99 Å². The normalized spacial score (nSPS) is 27.2. The Hall–Kier alpha value is -0.380. The number of hydrogen-bond acceptors (Lipinski definition) is 3. The number of aliphatic imine (C=N–C) groups is 1. The van der Waals surface area contributed by atoms with E-state index in [0.29, 0.717) is 0 Å². The molecule has 4 rings (SSSR count). The third-order valence-corrected chi connectivity index (χ3v) is 6.35. The molecule has 5 nitrogen and oxygen atoms in total. The van der Waals surface area contributed by atoms with Crippen LogP contribution in [-0.2, 0) is 14.9 Å². The molecule has 3 fully saturated rings. The van der Waals surface area contributed by atoms with E-state index in [0.717, 1.165) is 56.1 Å². The molecule has 27 heavy (non-hydrogen) atoms. The lowest BCUT2D eigenvalue weighted by molar-refractivity contribution is -0.0817. The summed E-state index contributed by atoms with van der Waals surface area (Å²) >= 11 is 3.60. The Labute approximate surface area is 187 Å². The highest BCUT2D eigenvalue weighted by Gasteiger charge is 2.44. The molecule has 2 saturated heterocycles. The van der Waals surface area contributed by atoms with Crippen LogP contribution in [0, 0.1) is 0 Å². The second-order valence-electron chi connectivity index (χ2n) is 7.60. The molecule has 1 aromatic carbocycles. The molecule has 0 radical (unpaired) electrons. The molecule has 2 unspecified atom stereocenters. The summed E-state index contributed by atoms with van der Waals surface area (Å²) in [4.78, 5) is 6.87. The van der Waals surface area contributed by atoms with Crippen LogP contribution in [0.5, 0.6) is 0 Å². The third kappa shape index (κ3) is 4.97. The molecule has 7 heteroatoms. The molecule has 0 bridgehead atoms.